The second-order valence-corrected chi connectivity index (χ2v) is 8.28. The zero-order chi connectivity index (χ0) is 20.6. The van der Waals surface area contributed by atoms with Gasteiger partial charge in [0.2, 0.25) is 0 Å². The predicted octanol–water partition coefficient (Wildman–Crippen LogP) is 4.82. The average molecular weight is 420 g/mol. The zero-order valence-corrected chi connectivity index (χ0v) is 16.3. The Hall–Kier alpha value is -2.06. The number of aryl methyl sites for hydroxylation is 1. The third kappa shape index (κ3) is 4.44. The number of anilines is 2. The molecule has 146 valence electrons. The summed E-state index contributed by atoms with van der Waals surface area (Å²) in [4.78, 5) is 12.5. The van der Waals surface area contributed by atoms with Crippen LogP contribution in [-0.2, 0) is 22.4 Å². The number of rotatable bonds is 5. The van der Waals surface area contributed by atoms with Gasteiger partial charge in [0, 0.05) is 18.9 Å². The van der Waals surface area contributed by atoms with Crippen molar-refractivity contribution in [1.29, 1.82) is 0 Å². The van der Waals surface area contributed by atoms with Gasteiger partial charge in [-0.1, -0.05) is 19.1 Å². The van der Waals surface area contributed by atoms with Gasteiger partial charge in [0.15, 0.2) is 9.84 Å². The van der Waals surface area contributed by atoms with E-state index in [-0.39, 0.29) is 21.8 Å². The van der Waals surface area contributed by atoms with Crippen LogP contribution in [0.15, 0.2) is 41.3 Å². The standard InChI is InChI=1S/C18H17ClF3NO3S/c1-4-11-9-15(16(27(3,25)26)10-12(11)17(19)24)23(2)14-8-6-5-7-13(14)18(20,21)22/h5-10H,4H2,1-3H3. The molecule has 27 heavy (non-hydrogen) atoms. The number of hydrogen-bond acceptors (Lipinski definition) is 4. The number of carbonyl (C=O) groups excluding carboxylic acids is 1. The quantitative estimate of drug-likeness (QED) is 0.652. The minimum absolute atomic E-state index is 0.0147. The van der Waals surface area contributed by atoms with Crippen LogP contribution in [0.1, 0.15) is 28.4 Å². The fourth-order valence-electron chi connectivity index (χ4n) is 2.78. The van der Waals surface area contributed by atoms with E-state index in [9.17, 15) is 26.4 Å². The van der Waals surface area contributed by atoms with Gasteiger partial charge < -0.3 is 4.90 Å². The number of alkyl halides is 3. The van der Waals surface area contributed by atoms with E-state index < -0.39 is 26.8 Å². The Morgan fingerprint density at radius 3 is 2.22 bits per heavy atom. The van der Waals surface area contributed by atoms with Crippen LogP contribution in [-0.4, -0.2) is 27.0 Å². The highest BCUT2D eigenvalue weighted by molar-refractivity contribution is 7.90. The van der Waals surface area contributed by atoms with Crippen LogP contribution in [0, 0.1) is 0 Å². The molecule has 0 fully saturated rings. The van der Waals surface area contributed by atoms with E-state index in [4.69, 9.17) is 11.6 Å². The molecule has 0 aliphatic carbocycles. The van der Waals surface area contributed by atoms with E-state index in [1.807, 2.05) is 0 Å². The highest BCUT2D eigenvalue weighted by Gasteiger charge is 2.35. The average Bonchev–Trinajstić information content (AvgIpc) is 2.58. The molecule has 0 aromatic heterocycles. The number of halogens is 4. The molecule has 9 heteroatoms. The van der Waals surface area contributed by atoms with Gasteiger partial charge in [-0.05, 0) is 47.9 Å². The first kappa shape index (κ1) is 21.2. The first-order valence-electron chi connectivity index (χ1n) is 7.84. The van der Waals surface area contributed by atoms with E-state index in [1.165, 1.54) is 31.3 Å². The summed E-state index contributed by atoms with van der Waals surface area (Å²) in [7, 11) is -2.51. The normalized spacial score (nSPS) is 12.1. The van der Waals surface area contributed by atoms with Gasteiger partial charge in [-0.25, -0.2) is 8.42 Å². The highest BCUT2D eigenvalue weighted by Crippen LogP contribution is 2.40. The summed E-state index contributed by atoms with van der Waals surface area (Å²) in [5, 5.41) is -0.832. The maximum Gasteiger partial charge on any atom is 0.418 e. The monoisotopic (exact) mass is 419 g/mol. The van der Waals surface area contributed by atoms with Crippen LogP contribution >= 0.6 is 11.6 Å². The molecule has 0 radical (unpaired) electrons. The molecule has 0 bridgehead atoms. The smallest absolute Gasteiger partial charge is 0.343 e. The van der Waals surface area contributed by atoms with Crippen LogP contribution in [0.4, 0.5) is 24.5 Å². The Morgan fingerprint density at radius 1 is 1.15 bits per heavy atom. The Balaban J connectivity index is 2.81. The third-order valence-electron chi connectivity index (χ3n) is 4.11. The van der Waals surface area contributed by atoms with Crippen molar-refractivity contribution in [3.05, 3.63) is 53.1 Å². The molecule has 0 unspecified atom stereocenters. The van der Waals surface area contributed by atoms with Crippen molar-refractivity contribution in [2.24, 2.45) is 0 Å². The van der Waals surface area contributed by atoms with Crippen molar-refractivity contribution < 1.29 is 26.4 Å². The van der Waals surface area contributed by atoms with Crippen LogP contribution in [0.25, 0.3) is 0 Å². The number of nitrogens with zero attached hydrogens (tertiary/aromatic N) is 1. The summed E-state index contributed by atoms with van der Waals surface area (Å²) in [6.45, 7) is 1.73. The first-order valence-corrected chi connectivity index (χ1v) is 10.1. The predicted molar refractivity (Wildman–Crippen MR) is 98.6 cm³/mol. The van der Waals surface area contributed by atoms with Crippen LogP contribution in [0.3, 0.4) is 0 Å². The molecule has 0 amide bonds. The fourth-order valence-corrected chi connectivity index (χ4v) is 3.87. The summed E-state index contributed by atoms with van der Waals surface area (Å²) in [6.07, 6.45) is -3.35. The minimum atomic E-state index is -4.62. The maximum atomic E-state index is 13.4. The van der Waals surface area contributed by atoms with Gasteiger partial charge in [0.05, 0.1) is 21.8 Å². The van der Waals surface area contributed by atoms with Crippen molar-refractivity contribution >= 4 is 38.1 Å². The lowest BCUT2D eigenvalue weighted by molar-refractivity contribution is -0.137. The van der Waals surface area contributed by atoms with Gasteiger partial charge in [0.25, 0.3) is 5.24 Å². The Labute approximate surface area is 160 Å². The van der Waals surface area contributed by atoms with Crippen molar-refractivity contribution in [1.82, 2.24) is 0 Å². The lowest BCUT2D eigenvalue weighted by atomic mass is 10.0. The number of sulfone groups is 1. The van der Waals surface area contributed by atoms with Crippen LogP contribution in [0.5, 0.6) is 0 Å². The molecule has 2 aromatic rings. The molecular formula is C18H17ClF3NO3S. The van der Waals surface area contributed by atoms with E-state index in [1.54, 1.807) is 6.92 Å². The topological polar surface area (TPSA) is 54.5 Å². The molecular weight excluding hydrogens is 403 g/mol. The summed E-state index contributed by atoms with van der Waals surface area (Å²) >= 11 is 5.55. The van der Waals surface area contributed by atoms with Crippen LogP contribution < -0.4 is 4.90 Å². The van der Waals surface area contributed by atoms with Crippen molar-refractivity contribution in [3.8, 4) is 0 Å². The van der Waals surface area contributed by atoms with Crippen molar-refractivity contribution in [3.63, 3.8) is 0 Å². The van der Waals surface area contributed by atoms with Gasteiger partial charge in [-0.3, -0.25) is 4.79 Å². The zero-order valence-electron chi connectivity index (χ0n) is 14.8. The van der Waals surface area contributed by atoms with Gasteiger partial charge in [0.1, 0.15) is 0 Å². The van der Waals surface area contributed by atoms with Crippen molar-refractivity contribution in [2.75, 3.05) is 18.2 Å². The Kier molecular flexibility index (Phi) is 5.91. The molecule has 0 atom stereocenters. The summed E-state index contributed by atoms with van der Waals surface area (Å²) < 4.78 is 64.6. The summed E-state index contributed by atoms with van der Waals surface area (Å²) in [5.74, 6) is 0. The van der Waals surface area contributed by atoms with Gasteiger partial charge in [-0.15, -0.1) is 0 Å². The molecule has 0 N–H and O–H groups in total. The van der Waals surface area contributed by atoms with Gasteiger partial charge in [-0.2, -0.15) is 13.2 Å². The van der Waals surface area contributed by atoms with Crippen molar-refractivity contribution in [2.45, 2.75) is 24.4 Å². The minimum Gasteiger partial charge on any atom is -0.343 e. The molecule has 0 saturated carbocycles. The number of para-hydroxylation sites is 1. The SMILES string of the molecule is CCc1cc(N(C)c2ccccc2C(F)(F)F)c(S(C)(=O)=O)cc1C(=O)Cl. The Morgan fingerprint density at radius 2 is 1.74 bits per heavy atom. The van der Waals surface area contributed by atoms with E-state index in [2.05, 4.69) is 0 Å². The summed E-state index contributed by atoms with van der Waals surface area (Å²) in [5.41, 5.74) is -0.619. The molecule has 0 aliphatic rings. The molecule has 2 rings (SSSR count). The second-order valence-electron chi connectivity index (χ2n) is 5.95. The maximum absolute atomic E-state index is 13.4. The summed E-state index contributed by atoms with van der Waals surface area (Å²) in [6, 6.07) is 7.36. The molecule has 2 aromatic carbocycles. The third-order valence-corrected chi connectivity index (χ3v) is 5.44. The molecule has 0 heterocycles. The lowest BCUT2D eigenvalue weighted by Gasteiger charge is -2.26. The molecule has 4 nitrogen and oxygen atoms in total. The fraction of sp³-hybridized carbons (Fsp3) is 0.278. The number of benzene rings is 2. The van der Waals surface area contributed by atoms with E-state index in [0.29, 0.717) is 12.0 Å². The highest BCUT2D eigenvalue weighted by atomic mass is 35.5. The number of hydrogen-bond donors (Lipinski definition) is 0. The molecule has 0 spiro atoms. The van der Waals surface area contributed by atoms with E-state index in [0.717, 1.165) is 23.3 Å². The first-order chi connectivity index (χ1) is 12.4. The molecule has 0 saturated heterocycles. The lowest BCUT2D eigenvalue weighted by Crippen LogP contribution is -2.19. The van der Waals surface area contributed by atoms with E-state index >= 15 is 0 Å². The second kappa shape index (κ2) is 7.52. The molecule has 0 aliphatic heterocycles. The largest absolute Gasteiger partial charge is 0.418 e. The van der Waals surface area contributed by atoms with Crippen LogP contribution in [0.2, 0.25) is 0 Å². The number of carbonyl (C=O) groups is 1. The Bertz CT molecular complexity index is 988. The van der Waals surface area contributed by atoms with Gasteiger partial charge >= 0.3 is 6.18 Å².